The van der Waals surface area contributed by atoms with E-state index in [2.05, 4.69) is 5.32 Å². The van der Waals surface area contributed by atoms with E-state index in [0.29, 0.717) is 17.1 Å². The first kappa shape index (κ1) is 18.4. The summed E-state index contributed by atoms with van der Waals surface area (Å²) in [7, 11) is 3.14. The quantitative estimate of drug-likeness (QED) is 0.656. The molecule has 2 aromatic carbocycles. The molecule has 1 amide bonds. The number of hydrogen-bond donors (Lipinski definition) is 1. The summed E-state index contributed by atoms with van der Waals surface area (Å²) in [5.74, 6) is 1.84. The van der Waals surface area contributed by atoms with Crippen molar-refractivity contribution in [3.8, 4) is 17.2 Å². The molecule has 1 aromatic heterocycles. The monoisotopic (exact) mass is 367 g/mol. The lowest BCUT2D eigenvalue weighted by molar-refractivity contribution is 0.0919. The van der Waals surface area contributed by atoms with Gasteiger partial charge < -0.3 is 23.9 Å². The van der Waals surface area contributed by atoms with Crippen LogP contribution >= 0.6 is 0 Å². The third-order valence-corrected chi connectivity index (χ3v) is 4.01. The molecule has 3 rings (SSSR count). The minimum absolute atomic E-state index is 0.229. The van der Waals surface area contributed by atoms with Gasteiger partial charge in [0.1, 0.15) is 12.4 Å². The molecule has 0 radical (unpaired) electrons. The van der Waals surface area contributed by atoms with Gasteiger partial charge in [-0.05, 0) is 24.3 Å². The number of furan rings is 1. The van der Waals surface area contributed by atoms with Crippen LogP contribution in [0.15, 0.2) is 65.3 Å². The van der Waals surface area contributed by atoms with Gasteiger partial charge in [0.2, 0.25) is 0 Å². The SMILES string of the molecule is COc1cccc(CNC(=O)c2occc2COc2ccccc2)c1OC. The molecule has 27 heavy (non-hydrogen) atoms. The van der Waals surface area contributed by atoms with E-state index in [1.165, 1.54) is 6.26 Å². The van der Waals surface area contributed by atoms with Crippen LogP contribution in [0.3, 0.4) is 0 Å². The lowest BCUT2D eigenvalue weighted by Gasteiger charge is -2.13. The smallest absolute Gasteiger partial charge is 0.287 e. The highest BCUT2D eigenvalue weighted by Gasteiger charge is 2.17. The number of nitrogens with one attached hydrogen (secondary N) is 1. The lowest BCUT2D eigenvalue weighted by atomic mass is 10.1. The van der Waals surface area contributed by atoms with Crippen LogP contribution in [-0.2, 0) is 13.2 Å². The van der Waals surface area contributed by atoms with Crippen molar-refractivity contribution in [3.63, 3.8) is 0 Å². The molecule has 0 aliphatic rings. The van der Waals surface area contributed by atoms with E-state index in [1.54, 1.807) is 26.4 Å². The van der Waals surface area contributed by atoms with Gasteiger partial charge in [-0.15, -0.1) is 0 Å². The fourth-order valence-corrected chi connectivity index (χ4v) is 2.68. The Morgan fingerprint density at radius 3 is 2.52 bits per heavy atom. The maximum Gasteiger partial charge on any atom is 0.287 e. The minimum Gasteiger partial charge on any atom is -0.493 e. The van der Waals surface area contributed by atoms with E-state index in [0.717, 1.165) is 11.3 Å². The predicted octanol–water partition coefficient (Wildman–Crippen LogP) is 3.81. The van der Waals surface area contributed by atoms with Crippen molar-refractivity contribution in [2.45, 2.75) is 13.2 Å². The van der Waals surface area contributed by atoms with Gasteiger partial charge in [-0.1, -0.05) is 30.3 Å². The van der Waals surface area contributed by atoms with Crippen LogP contribution in [-0.4, -0.2) is 20.1 Å². The van der Waals surface area contributed by atoms with Gasteiger partial charge in [0.05, 0.1) is 20.5 Å². The third-order valence-electron chi connectivity index (χ3n) is 4.01. The van der Waals surface area contributed by atoms with E-state index in [1.807, 2.05) is 42.5 Å². The molecule has 0 saturated carbocycles. The molecule has 6 nitrogen and oxygen atoms in total. The Balaban J connectivity index is 1.65. The molecule has 1 heterocycles. The van der Waals surface area contributed by atoms with Crippen molar-refractivity contribution in [2.24, 2.45) is 0 Å². The molecule has 0 aliphatic heterocycles. The Morgan fingerprint density at radius 2 is 1.78 bits per heavy atom. The second-order valence-electron chi connectivity index (χ2n) is 5.71. The zero-order valence-corrected chi connectivity index (χ0v) is 15.2. The molecular formula is C21H21NO5. The first-order chi connectivity index (χ1) is 13.2. The van der Waals surface area contributed by atoms with Crippen molar-refractivity contribution < 1.29 is 23.4 Å². The van der Waals surface area contributed by atoms with Gasteiger partial charge in [-0.25, -0.2) is 0 Å². The van der Waals surface area contributed by atoms with Crippen molar-refractivity contribution in [2.75, 3.05) is 14.2 Å². The molecule has 0 atom stereocenters. The summed E-state index contributed by atoms with van der Waals surface area (Å²) in [6.07, 6.45) is 1.48. The Morgan fingerprint density at radius 1 is 0.963 bits per heavy atom. The van der Waals surface area contributed by atoms with E-state index >= 15 is 0 Å². The minimum atomic E-state index is -0.323. The zero-order valence-electron chi connectivity index (χ0n) is 15.2. The average molecular weight is 367 g/mol. The highest BCUT2D eigenvalue weighted by Crippen LogP contribution is 2.30. The lowest BCUT2D eigenvalue weighted by Crippen LogP contribution is -2.24. The van der Waals surface area contributed by atoms with Crippen LogP contribution < -0.4 is 19.5 Å². The van der Waals surface area contributed by atoms with Crippen LogP contribution in [0.1, 0.15) is 21.7 Å². The second kappa shape index (κ2) is 8.80. The number of ether oxygens (including phenoxy) is 3. The summed E-state index contributed by atoms with van der Waals surface area (Å²) in [6.45, 7) is 0.518. The number of methoxy groups -OCH3 is 2. The molecule has 0 unspecified atom stereocenters. The molecule has 140 valence electrons. The normalized spacial score (nSPS) is 10.3. The van der Waals surface area contributed by atoms with Gasteiger partial charge in [0, 0.05) is 17.7 Å². The Bertz CT molecular complexity index is 889. The Labute approximate surface area is 157 Å². The van der Waals surface area contributed by atoms with Crippen LogP contribution in [0.4, 0.5) is 0 Å². The van der Waals surface area contributed by atoms with E-state index in [4.69, 9.17) is 18.6 Å². The summed E-state index contributed by atoms with van der Waals surface area (Å²) in [4.78, 5) is 12.5. The van der Waals surface area contributed by atoms with Crippen LogP contribution in [0.2, 0.25) is 0 Å². The van der Waals surface area contributed by atoms with Crippen molar-refractivity contribution in [1.82, 2.24) is 5.32 Å². The van der Waals surface area contributed by atoms with Crippen LogP contribution in [0.25, 0.3) is 0 Å². The molecule has 6 heteroatoms. The van der Waals surface area contributed by atoms with Crippen LogP contribution in [0.5, 0.6) is 17.2 Å². The number of carbonyl (C=O) groups is 1. The van der Waals surface area contributed by atoms with Crippen molar-refractivity contribution in [3.05, 3.63) is 77.7 Å². The third kappa shape index (κ3) is 4.41. The molecule has 0 bridgehead atoms. The molecule has 0 saturated heterocycles. The highest BCUT2D eigenvalue weighted by molar-refractivity contribution is 5.92. The van der Waals surface area contributed by atoms with Crippen molar-refractivity contribution in [1.29, 1.82) is 0 Å². The Kier molecular flexibility index (Phi) is 5.99. The Hall–Kier alpha value is -3.41. The molecule has 0 spiro atoms. The highest BCUT2D eigenvalue weighted by atomic mass is 16.5. The van der Waals surface area contributed by atoms with Gasteiger partial charge in [-0.2, -0.15) is 0 Å². The fraction of sp³-hybridized carbons (Fsp3) is 0.190. The van der Waals surface area contributed by atoms with Crippen LogP contribution in [0, 0.1) is 0 Å². The van der Waals surface area contributed by atoms with E-state index < -0.39 is 0 Å². The molecule has 1 N–H and O–H groups in total. The number of para-hydroxylation sites is 2. The molecule has 3 aromatic rings. The summed E-state index contributed by atoms with van der Waals surface area (Å²) < 4.78 is 21.7. The summed E-state index contributed by atoms with van der Waals surface area (Å²) >= 11 is 0. The van der Waals surface area contributed by atoms with Gasteiger partial charge in [0.25, 0.3) is 5.91 Å². The number of benzene rings is 2. The first-order valence-electron chi connectivity index (χ1n) is 8.45. The standard InChI is InChI=1S/C21H21NO5/c1-24-18-10-6-7-15(19(18)25-2)13-22-21(23)20-16(11-12-26-20)14-27-17-8-4-3-5-9-17/h3-12H,13-14H2,1-2H3,(H,22,23). The number of rotatable bonds is 8. The summed E-state index contributed by atoms with van der Waals surface area (Å²) in [6, 6.07) is 16.6. The largest absolute Gasteiger partial charge is 0.493 e. The summed E-state index contributed by atoms with van der Waals surface area (Å²) in [5.41, 5.74) is 1.48. The van der Waals surface area contributed by atoms with Crippen molar-refractivity contribution >= 4 is 5.91 Å². The summed E-state index contributed by atoms with van der Waals surface area (Å²) in [5, 5.41) is 2.84. The van der Waals surface area contributed by atoms with Gasteiger partial charge in [-0.3, -0.25) is 4.79 Å². The number of carbonyl (C=O) groups excluding carboxylic acids is 1. The topological polar surface area (TPSA) is 69.9 Å². The molecule has 0 fully saturated rings. The van der Waals surface area contributed by atoms with Gasteiger partial charge >= 0.3 is 0 Å². The fourth-order valence-electron chi connectivity index (χ4n) is 2.68. The predicted molar refractivity (Wildman–Crippen MR) is 100 cm³/mol. The van der Waals surface area contributed by atoms with E-state index in [-0.39, 0.29) is 24.8 Å². The maximum absolute atomic E-state index is 12.5. The molecule has 0 aliphatic carbocycles. The van der Waals surface area contributed by atoms with Gasteiger partial charge in [0.15, 0.2) is 17.3 Å². The maximum atomic E-state index is 12.5. The zero-order chi connectivity index (χ0) is 19.1. The molecular weight excluding hydrogens is 346 g/mol. The first-order valence-corrected chi connectivity index (χ1v) is 8.45. The number of hydrogen-bond acceptors (Lipinski definition) is 5. The number of amides is 1. The van der Waals surface area contributed by atoms with E-state index in [9.17, 15) is 4.79 Å². The second-order valence-corrected chi connectivity index (χ2v) is 5.71. The average Bonchev–Trinajstić information content (AvgIpc) is 3.19.